The summed E-state index contributed by atoms with van der Waals surface area (Å²) in [5, 5.41) is 3.48. The van der Waals surface area contributed by atoms with E-state index < -0.39 is 0 Å². The van der Waals surface area contributed by atoms with Gasteiger partial charge in [-0.3, -0.25) is 9.52 Å². The Hall–Kier alpha value is -2.38. The molecule has 3 rings (SSSR count). The van der Waals surface area contributed by atoms with Gasteiger partial charge in [0.1, 0.15) is 0 Å². The summed E-state index contributed by atoms with van der Waals surface area (Å²) in [7, 11) is 3.21. The normalized spacial score (nSPS) is 14.4. The van der Waals surface area contributed by atoms with Gasteiger partial charge in [0, 0.05) is 29.8 Å². The second-order valence-corrected chi connectivity index (χ2v) is 7.47. The van der Waals surface area contributed by atoms with E-state index in [1.807, 2.05) is 43.3 Å². The summed E-state index contributed by atoms with van der Waals surface area (Å²) in [6.45, 7) is 3.45. The number of carbonyl (C=O) groups excluding carboxylic acids is 1. The summed E-state index contributed by atoms with van der Waals surface area (Å²) >= 11 is 1.26. The molecule has 0 saturated carbocycles. The Bertz CT molecular complexity index is 822. The van der Waals surface area contributed by atoms with E-state index in [2.05, 4.69) is 10.0 Å². The van der Waals surface area contributed by atoms with Crippen molar-refractivity contribution in [3.05, 3.63) is 47.5 Å². The van der Waals surface area contributed by atoms with Crippen LogP contribution in [0, 0.1) is 6.92 Å². The van der Waals surface area contributed by atoms with E-state index in [1.165, 1.54) is 11.9 Å². The number of ether oxygens (including phenoxy) is 3. The van der Waals surface area contributed by atoms with Crippen LogP contribution in [0.15, 0.2) is 41.3 Å². The van der Waals surface area contributed by atoms with E-state index >= 15 is 0 Å². The molecule has 1 aliphatic rings. The number of amides is 1. The van der Waals surface area contributed by atoms with Gasteiger partial charge in [0.15, 0.2) is 11.5 Å². The fourth-order valence-corrected chi connectivity index (χ4v) is 3.93. The molecule has 1 fully saturated rings. The van der Waals surface area contributed by atoms with Crippen LogP contribution in [0.3, 0.4) is 0 Å². The van der Waals surface area contributed by atoms with Crippen LogP contribution in [0.5, 0.6) is 11.5 Å². The molecule has 0 aliphatic carbocycles. The zero-order valence-electron chi connectivity index (χ0n) is 16.4. The number of rotatable bonds is 7. The first-order valence-corrected chi connectivity index (χ1v) is 10.1. The molecule has 1 heterocycles. The lowest BCUT2D eigenvalue weighted by Gasteiger charge is -2.25. The lowest BCUT2D eigenvalue weighted by atomic mass is 10.1. The van der Waals surface area contributed by atoms with E-state index in [0.717, 1.165) is 42.2 Å². The third-order valence-electron chi connectivity index (χ3n) is 4.65. The number of aryl methyl sites for hydroxylation is 1. The lowest BCUT2D eigenvalue weighted by Crippen LogP contribution is -2.29. The van der Waals surface area contributed by atoms with Gasteiger partial charge in [-0.2, -0.15) is 0 Å². The standard InChI is InChI=1S/C21H26N2O4S/c1-14-12-16(13-19(25-2)20(14)26-3)28-23-21(24)17-6-4-5-7-18(17)22-15-8-10-27-11-9-15/h4-7,12-13,15,22H,8-11H2,1-3H3,(H,23,24). The molecule has 7 heteroatoms. The fourth-order valence-electron chi connectivity index (χ4n) is 3.21. The molecule has 0 unspecified atom stereocenters. The van der Waals surface area contributed by atoms with Crippen LogP contribution in [0.2, 0.25) is 0 Å². The maximum Gasteiger partial charge on any atom is 0.263 e. The third-order valence-corrected chi connectivity index (χ3v) is 5.41. The molecule has 1 aliphatic heterocycles. The molecule has 0 aromatic heterocycles. The van der Waals surface area contributed by atoms with E-state index in [1.54, 1.807) is 14.2 Å². The molecule has 0 spiro atoms. The fraction of sp³-hybridized carbons (Fsp3) is 0.381. The molecular weight excluding hydrogens is 376 g/mol. The topological polar surface area (TPSA) is 68.8 Å². The zero-order valence-corrected chi connectivity index (χ0v) is 17.2. The third kappa shape index (κ3) is 4.91. The van der Waals surface area contributed by atoms with Crippen LogP contribution < -0.4 is 19.5 Å². The van der Waals surface area contributed by atoms with Crippen molar-refractivity contribution in [2.45, 2.75) is 30.7 Å². The SMILES string of the molecule is COc1cc(SNC(=O)c2ccccc2NC2CCOCC2)cc(C)c1OC. The van der Waals surface area contributed by atoms with Crippen molar-refractivity contribution >= 4 is 23.5 Å². The summed E-state index contributed by atoms with van der Waals surface area (Å²) in [6.07, 6.45) is 1.88. The highest BCUT2D eigenvalue weighted by atomic mass is 32.2. The summed E-state index contributed by atoms with van der Waals surface area (Å²) < 4.78 is 19.1. The number of para-hydroxylation sites is 1. The molecule has 6 nitrogen and oxygen atoms in total. The average molecular weight is 403 g/mol. The van der Waals surface area contributed by atoms with E-state index in [4.69, 9.17) is 14.2 Å². The highest BCUT2D eigenvalue weighted by Gasteiger charge is 2.18. The van der Waals surface area contributed by atoms with E-state index in [9.17, 15) is 4.79 Å². The minimum Gasteiger partial charge on any atom is -0.493 e. The van der Waals surface area contributed by atoms with E-state index in [-0.39, 0.29) is 5.91 Å². The first-order chi connectivity index (χ1) is 13.6. The van der Waals surface area contributed by atoms with Crippen LogP contribution in [0.1, 0.15) is 28.8 Å². The quantitative estimate of drug-likeness (QED) is 0.681. The Morgan fingerprint density at radius 3 is 2.61 bits per heavy atom. The Morgan fingerprint density at radius 2 is 1.89 bits per heavy atom. The van der Waals surface area contributed by atoms with Crippen molar-refractivity contribution in [3.63, 3.8) is 0 Å². The molecule has 0 atom stereocenters. The molecule has 0 bridgehead atoms. The second-order valence-electron chi connectivity index (χ2n) is 6.59. The first-order valence-electron chi connectivity index (χ1n) is 9.25. The summed E-state index contributed by atoms with van der Waals surface area (Å²) in [5.74, 6) is 1.19. The average Bonchev–Trinajstić information content (AvgIpc) is 2.72. The van der Waals surface area contributed by atoms with Gasteiger partial charge in [0.25, 0.3) is 5.91 Å². The van der Waals surface area contributed by atoms with Crippen LogP contribution in [-0.4, -0.2) is 39.4 Å². The highest BCUT2D eigenvalue weighted by molar-refractivity contribution is 7.98. The molecule has 2 aromatic carbocycles. The van der Waals surface area contributed by atoms with Crippen molar-refractivity contribution in [2.24, 2.45) is 0 Å². The predicted molar refractivity (Wildman–Crippen MR) is 112 cm³/mol. The molecule has 150 valence electrons. The Labute approximate surface area is 170 Å². The van der Waals surface area contributed by atoms with E-state index in [0.29, 0.717) is 23.1 Å². The van der Waals surface area contributed by atoms with Gasteiger partial charge in [-0.15, -0.1) is 0 Å². The molecule has 0 radical (unpaired) electrons. The van der Waals surface area contributed by atoms with Crippen molar-refractivity contribution in [2.75, 3.05) is 32.8 Å². The summed E-state index contributed by atoms with van der Waals surface area (Å²) in [4.78, 5) is 13.7. The van der Waals surface area contributed by atoms with Crippen molar-refractivity contribution in [1.82, 2.24) is 4.72 Å². The van der Waals surface area contributed by atoms with Crippen molar-refractivity contribution in [1.29, 1.82) is 0 Å². The maximum atomic E-state index is 12.8. The minimum absolute atomic E-state index is 0.146. The lowest BCUT2D eigenvalue weighted by molar-refractivity contribution is 0.0904. The van der Waals surface area contributed by atoms with Gasteiger partial charge in [0.2, 0.25) is 0 Å². The van der Waals surface area contributed by atoms with Crippen LogP contribution in [0.25, 0.3) is 0 Å². The molecule has 28 heavy (non-hydrogen) atoms. The van der Waals surface area contributed by atoms with Gasteiger partial charge in [-0.05, 0) is 61.5 Å². The van der Waals surface area contributed by atoms with Crippen LogP contribution in [0.4, 0.5) is 5.69 Å². The van der Waals surface area contributed by atoms with Crippen LogP contribution in [-0.2, 0) is 4.74 Å². The van der Waals surface area contributed by atoms with Crippen LogP contribution >= 0.6 is 11.9 Å². The van der Waals surface area contributed by atoms with Gasteiger partial charge >= 0.3 is 0 Å². The minimum atomic E-state index is -0.146. The molecule has 1 amide bonds. The Balaban J connectivity index is 1.69. The highest BCUT2D eigenvalue weighted by Crippen LogP contribution is 2.35. The number of methoxy groups -OCH3 is 2. The molecule has 1 saturated heterocycles. The Kier molecular flexibility index (Phi) is 7.06. The molecule has 2 aromatic rings. The van der Waals surface area contributed by atoms with Crippen molar-refractivity contribution in [3.8, 4) is 11.5 Å². The van der Waals surface area contributed by atoms with Crippen molar-refractivity contribution < 1.29 is 19.0 Å². The number of anilines is 1. The molecule has 2 N–H and O–H groups in total. The number of nitrogens with one attached hydrogen (secondary N) is 2. The van der Waals surface area contributed by atoms with Gasteiger partial charge in [-0.1, -0.05) is 12.1 Å². The zero-order chi connectivity index (χ0) is 19.9. The number of hydrogen-bond acceptors (Lipinski definition) is 6. The summed E-state index contributed by atoms with van der Waals surface area (Å²) in [6, 6.07) is 11.7. The number of carbonyl (C=O) groups is 1. The second kappa shape index (κ2) is 9.71. The number of benzene rings is 2. The Morgan fingerprint density at radius 1 is 1.14 bits per heavy atom. The predicted octanol–water partition coefficient (Wildman–Crippen LogP) is 4.04. The molecular formula is C21H26N2O4S. The van der Waals surface area contributed by atoms with Gasteiger partial charge in [0.05, 0.1) is 19.8 Å². The monoisotopic (exact) mass is 402 g/mol. The maximum absolute atomic E-state index is 12.8. The first kappa shape index (κ1) is 20.4. The van der Waals surface area contributed by atoms with Gasteiger partial charge in [-0.25, -0.2) is 0 Å². The van der Waals surface area contributed by atoms with Gasteiger partial charge < -0.3 is 19.5 Å². The smallest absolute Gasteiger partial charge is 0.263 e. The summed E-state index contributed by atoms with van der Waals surface area (Å²) in [5.41, 5.74) is 2.41. The number of hydrogen-bond donors (Lipinski definition) is 2. The largest absolute Gasteiger partial charge is 0.493 e.